The van der Waals surface area contributed by atoms with Gasteiger partial charge in [-0.1, -0.05) is 23.9 Å². The number of amidine groups is 1. The van der Waals surface area contributed by atoms with E-state index in [-0.39, 0.29) is 23.9 Å². The van der Waals surface area contributed by atoms with E-state index in [4.69, 9.17) is 5.73 Å². The van der Waals surface area contributed by atoms with Gasteiger partial charge >= 0.3 is 0 Å². The second-order valence-electron chi connectivity index (χ2n) is 7.39. The Hall–Kier alpha value is -2.54. The van der Waals surface area contributed by atoms with E-state index in [1.807, 2.05) is 13.8 Å². The van der Waals surface area contributed by atoms with Crippen LogP contribution in [0.5, 0.6) is 0 Å². The average Bonchev–Trinajstić information content (AvgIpc) is 3.13. The molecule has 1 aliphatic carbocycles. The zero-order valence-electron chi connectivity index (χ0n) is 15.8. The first-order valence-corrected chi connectivity index (χ1v) is 10.0. The number of benzene rings is 1. The zero-order valence-corrected chi connectivity index (χ0v) is 16.6. The number of nitrogens with two attached hydrogens (primary N) is 1. The number of carbonyl (C=O) groups excluding carboxylic acids is 1. The number of allylic oxidation sites excluding steroid dienone is 1. The minimum absolute atomic E-state index is 0.105. The summed E-state index contributed by atoms with van der Waals surface area (Å²) in [6.45, 7) is 3.74. The van der Waals surface area contributed by atoms with Gasteiger partial charge in [0.05, 0.1) is 17.4 Å². The van der Waals surface area contributed by atoms with Gasteiger partial charge < -0.3 is 5.73 Å². The fourth-order valence-electron chi connectivity index (χ4n) is 3.93. The molecule has 2 heterocycles. The Labute approximate surface area is 167 Å². The summed E-state index contributed by atoms with van der Waals surface area (Å²) in [5, 5.41) is 0.447. The number of fused-ring (bicyclic) bond motifs is 1. The zero-order chi connectivity index (χ0) is 19.9. The van der Waals surface area contributed by atoms with Crippen LogP contribution in [0.1, 0.15) is 47.1 Å². The normalized spacial score (nSPS) is 23.8. The fraction of sp³-hybridized carbons (Fsp3) is 0.333. The Morgan fingerprint density at radius 2 is 2.18 bits per heavy atom. The highest BCUT2D eigenvalue weighted by molar-refractivity contribution is 8.17. The number of hydrogen-bond acceptors (Lipinski definition) is 6. The van der Waals surface area contributed by atoms with E-state index < -0.39 is 5.54 Å². The van der Waals surface area contributed by atoms with Crippen molar-refractivity contribution >= 4 is 22.7 Å². The first kappa shape index (κ1) is 18.8. The van der Waals surface area contributed by atoms with Gasteiger partial charge in [0.1, 0.15) is 11.5 Å². The van der Waals surface area contributed by atoms with E-state index in [1.54, 1.807) is 18.3 Å². The Morgan fingerprint density at radius 1 is 1.36 bits per heavy atom. The quantitative estimate of drug-likeness (QED) is 0.792. The molecule has 4 rings (SSSR count). The second-order valence-corrected chi connectivity index (χ2v) is 8.49. The molecule has 0 spiro atoms. The summed E-state index contributed by atoms with van der Waals surface area (Å²) in [5.41, 5.74) is 7.53. The van der Waals surface area contributed by atoms with Crippen molar-refractivity contribution in [1.29, 1.82) is 0 Å². The summed E-state index contributed by atoms with van der Waals surface area (Å²) in [5.74, 6) is -0.379. The van der Waals surface area contributed by atoms with Crippen LogP contribution < -0.4 is 5.73 Å². The maximum Gasteiger partial charge on any atom is 0.187 e. The predicted molar refractivity (Wildman–Crippen MR) is 109 cm³/mol. The first-order valence-electron chi connectivity index (χ1n) is 9.21. The van der Waals surface area contributed by atoms with E-state index in [1.165, 1.54) is 24.0 Å². The number of aliphatic imine (C=N–C) groups is 1. The molecular weight excluding hydrogens is 375 g/mol. The SMILES string of the molecule is Cc1cnc(C(=O)Cc2ccc(F)c(C3(C)N=C(N)SC4=CCCC43)c2)cn1. The summed E-state index contributed by atoms with van der Waals surface area (Å²) in [7, 11) is 0. The van der Waals surface area contributed by atoms with Gasteiger partial charge in [-0.25, -0.2) is 9.37 Å². The van der Waals surface area contributed by atoms with Crippen molar-refractivity contribution in [3.05, 3.63) is 69.9 Å². The highest BCUT2D eigenvalue weighted by Gasteiger charge is 2.44. The maximum absolute atomic E-state index is 14.8. The van der Waals surface area contributed by atoms with Gasteiger partial charge in [-0.3, -0.25) is 14.8 Å². The summed E-state index contributed by atoms with van der Waals surface area (Å²) in [4.78, 5) is 26.6. The Morgan fingerprint density at radius 3 is 2.93 bits per heavy atom. The molecule has 0 saturated heterocycles. The number of thioether (sulfide) groups is 1. The topological polar surface area (TPSA) is 81.2 Å². The Bertz CT molecular complexity index is 1000. The molecule has 1 aromatic carbocycles. The highest BCUT2D eigenvalue weighted by atomic mass is 32.2. The molecule has 0 bridgehead atoms. The molecular formula is C21H21FN4OS. The van der Waals surface area contributed by atoms with Gasteiger partial charge in [0.2, 0.25) is 0 Å². The standard InChI is InChI=1S/C21H21FN4OS/c1-12-10-25-17(11-24-12)18(27)9-13-6-7-16(22)15(8-13)21(2)14-4-3-5-19(14)28-20(23)26-21/h5-8,10-11,14H,3-4,9H2,1-2H3,(H2,23,26). The van der Waals surface area contributed by atoms with Crippen molar-refractivity contribution in [3.63, 3.8) is 0 Å². The number of rotatable bonds is 4. The van der Waals surface area contributed by atoms with Crippen LogP contribution in [0.4, 0.5) is 4.39 Å². The summed E-state index contributed by atoms with van der Waals surface area (Å²) in [6.07, 6.45) is 7.19. The first-order chi connectivity index (χ1) is 13.4. The summed E-state index contributed by atoms with van der Waals surface area (Å²) in [6, 6.07) is 4.80. The molecule has 0 radical (unpaired) electrons. The minimum Gasteiger partial charge on any atom is -0.378 e. The van der Waals surface area contributed by atoms with Crippen LogP contribution in [0.25, 0.3) is 0 Å². The van der Waals surface area contributed by atoms with E-state index in [0.717, 1.165) is 29.0 Å². The van der Waals surface area contributed by atoms with E-state index in [0.29, 0.717) is 16.4 Å². The molecule has 2 unspecified atom stereocenters. The third kappa shape index (κ3) is 3.35. The number of Topliss-reactive ketones (excluding diaryl/α,β-unsaturated/α-hetero) is 1. The molecule has 2 atom stereocenters. The van der Waals surface area contributed by atoms with Crippen LogP contribution in [0.15, 0.2) is 46.6 Å². The largest absolute Gasteiger partial charge is 0.378 e. The van der Waals surface area contributed by atoms with Crippen LogP contribution in [-0.2, 0) is 12.0 Å². The molecule has 2 aliphatic rings. The third-order valence-corrected chi connectivity index (χ3v) is 6.38. The lowest BCUT2D eigenvalue weighted by Gasteiger charge is -2.37. The van der Waals surface area contributed by atoms with Crippen LogP contribution in [0.3, 0.4) is 0 Å². The molecule has 0 amide bonds. The third-order valence-electron chi connectivity index (χ3n) is 5.40. The van der Waals surface area contributed by atoms with Crippen molar-refractivity contribution in [2.75, 3.05) is 0 Å². The lowest BCUT2D eigenvalue weighted by atomic mass is 9.78. The highest BCUT2D eigenvalue weighted by Crippen LogP contribution is 2.51. The van der Waals surface area contributed by atoms with Gasteiger partial charge in [-0.15, -0.1) is 0 Å². The van der Waals surface area contributed by atoms with Crippen LogP contribution in [0.2, 0.25) is 0 Å². The van der Waals surface area contributed by atoms with Crippen LogP contribution >= 0.6 is 11.8 Å². The smallest absolute Gasteiger partial charge is 0.187 e. The summed E-state index contributed by atoms with van der Waals surface area (Å²) < 4.78 is 14.8. The molecule has 28 heavy (non-hydrogen) atoms. The summed E-state index contributed by atoms with van der Waals surface area (Å²) >= 11 is 1.47. The minimum atomic E-state index is -0.773. The molecule has 2 N–H and O–H groups in total. The van der Waals surface area contributed by atoms with Crippen molar-refractivity contribution < 1.29 is 9.18 Å². The molecule has 0 fully saturated rings. The van der Waals surface area contributed by atoms with Gasteiger partial charge in [0.15, 0.2) is 11.0 Å². The molecule has 0 saturated carbocycles. The lowest BCUT2D eigenvalue weighted by molar-refractivity contribution is 0.0987. The van der Waals surface area contributed by atoms with E-state index in [9.17, 15) is 9.18 Å². The predicted octanol–water partition coefficient (Wildman–Crippen LogP) is 3.92. The van der Waals surface area contributed by atoms with Crippen molar-refractivity contribution in [2.45, 2.75) is 38.6 Å². The number of halogens is 1. The van der Waals surface area contributed by atoms with E-state index in [2.05, 4.69) is 21.0 Å². The molecule has 5 nitrogen and oxygen atoms in total. The number of ketones is 1. The van der Waals surface area contributed by atoms with Crippen molar-refractivity contribution in [1.82, 2.24) is 9.97 Å². The molecule has 7 heteroatoms. The number of aromatic nitrogens is 2. The number of aryl methyl sites for hydroxylation is 1. The van der Waals surface area contributed by atoms with Crippen molar-refractivity contribution in [3.8, 4) is 0 Å². The molecule has 1 aromatic heterocycles. The Balaban J connectivity index is 1.67. The molecule has 1 aliphatic heterocycles. The van der Waals surface area contributed by atoms with Gasteiger partial charge in [-0.2, -0.15) is 0 Å². The molecule has 144 valence electrons. The van der Waals surface area contributed by atoms with Crippen LogP contribution in [-0.4, -0.2) is 20.9 Å². The number of nitrogens with zero attached hydrogens (tertiary/aromatic N) is 3. The Kier molecular flexibility index (Phi) is 4.79. The van der Waals surface area contributed by atoms with Gasteiger partial charge in [-0.05, 0) is 49.3 Å². The van der Waals surface area contributed by atoms with Crippen molar-refractivity contribution in [2.24, 2.45) is 16.6 Å². The van der Waals surface area contributed by atoms with E-state index >= 15 is 0 Å². The van der Waals surface area contributed by atoms with Crippen LogP contribution in [0, 0.1) is 18.7 Å². The fourth-order valence-corrected chi connectivity index (χ4v) is 5.10. The number of carbonyl (C=O) groups is 1. The number of hydrogen-bond donors (Lipinski definition) is 1. The average molecular weight is 396 g/mol. The lowest BCUT2D eigenvalue weighted by Crippen LogP contribution is -2.36. The molecule has 2 aromatic rings. The maximum atomic E-state index is 14.8. The monoisotopic (exact) mass is 396 g/mol. The van der Waals surface area contributed by atoms with Gasteiger partial charge in [0.25, 0.3) is 0 Å². The second kappa shape index (κ2) is 7.13. The van der Waals surface area contributed by atoms with Gasteiger partial charge in [0, 0.05) is 24.1 Å².